The number of hydrogen-bond acceptors (Lipinski definition) is 4. The monoisotopic (exact) mass is 370 g/mol. The van der Waals surface area contributed by atoms with Crippen molar-refractivity contribution in [1.82, 2.24) is 5.32 Å². The van der Waals surface area contributed by atoms with Gasteiger partial charge in [0.25, 0.3) is 5.91 Å². The fourth-order valence-corrected chi connectivity index (χ4v) is 2.32. The highest BCUT2D eigenvalue weighted by Crippen LogP contribution is 2.30. The molecule has 0 heterocycles. The van der Waals surface area contributed by atoms with Crippen molar-refractivity contribution in [2.45, 2.75) is 13.5 Å². The Balaban J connectivity index is 2.22. The maximum absolute atomic E-state index is 11.6. The van der Waals surface area contributed by atoms with Gasteiger partial charge in [-0.2, -0.15) is 5.26 Å². The van der Waals surface area contributed by atoms with Gasteiger partial charge in [-0.3, -0.25) is 4.79 Å². The number of rotatable bonds is 7. The number of nitriles is 1. The van der Waals surface area contributed by atoms with E-state index in [-0.39, 0.29) is 5.57 Å². The molecule has 2 aromatic carbocycles. The Bertz CT molecular complexity index is 839. The molecule has 0 spiro atoms. The number of likely N-dealkylation sites (N-methyl/N-ethyl adjacent to an activating group) is 1. The van der Waals surface area contributed by atoms with E-state index < -0.39 is 5.91 Å². The summed E-state index contributed by atoms with van der Waals surface area (Å²) < 4.78 is 11.5. The molecule has 134 valence electrons. The van der Waals surface area contributed by atoms with Gasteiger partial charge in [-0.25, -0.2) is 0 Å². The Morgan fingerprint density at radius 3 is 2.54 bits per heavy atom. The van der Waals surface area contributed by atoms with Gasteiger partial charge in [0, 0.05) is 12.1 Å². The second-order valence-corrected chi connectivity index (χ2v) is 5.74. The molecule has 0 aliphatic carbocycles. The summed E-state index contributed by atoms with van der Waals surface area (Å²) in [6.45, 7) is 2.70. The Kier molecular flexibility index (Phi) is 7.07. The lowest BCUT2D eigenvalue weighted by Crippen LogP contribution is -2.19. The normalized spacial score (nSPS) is 10.8. The molecule has 0 radical (unpaired) electrons. The molecule has 0 saturated carbocycles. The summed E-state index contributed by atoms with van der Waals surface area (Å²) in [5.74, 6) is 0.690. The van der Waals surface area contributed by atoms with Crippen LogP contribution in [-0.4, -0.2) is 19.6 Å². The number of hydrogen-bond donors (Lipinski definition) is 1. The number of ether oxygens (including phenoxy) is 2. The van der Waals surface area contributed by atoms with E-state index in [1.165, 1.54) is 13.1 Å². The van der Waals surface area contributed by atoms with Crippen molar-refractivity contribution in [3.05, 3.63) is 64.2 Å². The van der Waals surface area contributed by atoms with E-state index in [2.05, 4.69) is 5.32 Å². The van der Waals surface area contributed by atoms with Crippen LogP contribution in [0.1, 0.15) is 18.1 Å². The Morgan fingerprint density at radius 1 is 1.19 bits per heavy atom. The molecule has 6 heteroatoms. The average molecular weight is 371 g/mol. The third kappa shape index (κ3) is 5.27. The lowest BCUT2D eigenvalue weighted by atomic mass is 10.1. The van der Waals surface area contributed by atoms with Crippen molar-refractivity contribution in [2.75, 3.05) is 13.7 Å². The second kappa shape index (κ2) is 9.50. The first-order valence-corrected chi connectivity index (χ1v) is 8.43. The SMILES string of the molecule is CCOc1cc(/C=C(\C#N)C(=O)NC)ccc1OCc1ccc(Cl)cc1. The van der Waals surface area contributed by atoms with Gasteiger partial charge in [0.15, 0.2) is 11.5 Å². The molecule has 1 N–H and O–H groups in total. The van der Waals surface area contributed by atoms with E-state index in [1.54, 1.807) is 30.3 Å². The van der Waals surface area contributed by atoms with E-state index in [9.17, 15) is 4.79 Å². The fraction of sp³-hybridized carbons (Fsp3) is 0.200. The smallest absolute Gasteiger partial charge is 0.261 e. The second-order valence-electron chi connectivity index (χ2n) is 5.30. The molecule has 0 atom stereocenters. The number of benzene rings is 2. The summed E-state index contributed by atoms with van der Waals surface area (Å²) in [4.78, 5) is 11.6. The van der Waals surface area contributed by atoms with Crippen LogP contribution < -0.4 is 14.8 Å². The molecule has 26 heavy (non-hydrogen) atoms. The van der Waals surface area contributed by atoms with Crippen molar-refractivity contribution in [2.24, 2.45) is 0 Å². The van der Waals surface area contributed by atoms with Crippen LogP contribution in [0, 0.1) is 11.3 Å². The third-order valence-corrected chi connectivity index (χ3v) is 3.73. The van der Waals surface area contributed by atoms with Crippen LogP contribution in [0.4, 0.5) is 0 Å². The van der Waals surface area contributed by atoms with Gasteiger partial charge < -0.3 is 14.8 Å². The van der Waals surface area contributed by atoms with Crippen molar-refractivity contribution in [3.8, 4) is 17.6 Å². The molecular formula is C20H19ClN2O3. The van der Waals surface area contributed by atoms with Crippen molar-refractivity contribution in [3.63, 3.8) is 0 Å². The van der Waals surface area contributed by atoms with Gasteiger partial charge in [-0.05, 0) is 48.4 Å². The third-order valence-electron chi connectivity index (χ3n) is 3.48. The predicted molar refractivity (Wildman–Crippen MR) is 101 cm³/mol. The molecule has 0 unspecified atom stereocenters. The van der Waals surface area contributed by atoms with Crippen LogP contribution in [-0.2, 0) is 11.4 Å². The van der Waals surface area contributed by atoms with Crippen LogP contribution in [0.25, 0.3) is 6.08 Å². The van der Waals surface area contributed by atoms with Crippen molar-refractivity contribution in [1.29, 1.82) is 5.26 Å². The van der Waals surface area contributed by atoms with Gasteiger partial charge in [-0.1, -0.05) is 29.8 Å². The quantitative estimate of drug-likeness (QED) is 0.591. The van der Waals surface area contributed by atoms with Gasteiger partial charge in [0.1, 0.15) is 18.2 Å². The summed E-state index contributed by atoms with van der Waals surface area (Å²) in [6.07, 6.45) is 1.50. The Hall–Kier alpha value is -2.97. The molecule has 0 aliphatic heterocycles. The highest BCUT2D eigenvalue weighted by atomic mass is 35.5. The molecule has 0 fully saturated rings. The summed E-state index contributed by atoms with van der Waals surface area (Å²) in [5, 5.41) is 12.2. The highest BCUT2D eigenvalue weighted by Gasteiger charge is 2.10. The van der Waals surface area contributed by atoms with Gasteiger partial charge >= 0.3 is 0 Å². The standard InChI is InChI=1S/C20H19ClN2O3/c1-3-25-19-11-15(10-16(12-22)20(24)23-2)6-9-18(19)26-13-14-4-7-17(21)8-5-14/h4-11H,3,13H2,1-2H3,(H,23,24)/b16-10+. The first kappa shape index (κ1) is 19.4. The van der Waals surface area contributed by atoms with Gasteiger partial charge in [-0.15, -0.1) is 0 Å². The maximum Gasteiger partial charge on any atom is 0.261 e. The van der Waals surface area contributed by atoms with E-state index in [0.29, 0.717) is 35.3 Å². The van der Waals surface area contributed by atoms with E-state index in [0.717, 1.165) is 5.56 Å². The zero-order chi connectivity index (χ0) is 18.9. The van der Waals surface area contributed by atoms with Gasteiger partial charge in [0.2, 0.25) is 0 Å². The number of nitrogens with zero attached hydrogens (tertiary/aromatic N) is 1. The Morgan fingerprint density at radius 2 is 1.92 bits per heavy atom. The fourth-order valence-electron chi connectivity index (χ4n) is 2.19. The van der Waals surface area contributed by atoms with Crippen LogP contribution in [0.5, 0.6) is 11.5 Å². The minimum atomic E-state index is -0.437. The largest absolute Gasteiger partial charge is 0.490 e. The molecule has 2 aromatic rings. The molecule has 0 aliphatic rings. The molecule has 0 bridgehead atoms. The van der Waals surface area contributed by atoms with Crippen LogP contribution in [0.15, 0.2) is 48.0 Å². The zero-order valence-electron chi connectivity index (χ0n) is 14.6. The Labute approximate surface area is 157 Å². The lowest BCUT2D eigenvalue weighted by molar-refractivity contribution is -0.116. The van der Waals surface area contributed by atoms with Crippen molar-refractivity contribution >= 4 is 23.6 Å². The lowest BCUT2D eigenvalue weighted by Gasteiger charge is -2.13. The highest BCUT2D eigenvalue weighted by molar-refractivity contribution is 6.30. The number of halogens is 1. The topological polar surface area (TPSA) is 71.3 Å². The summed E-state index contributed by atoms with van der Waals surface area (Å²) in [6, 6.07) is 14.5. The molecule has 5 nitrogen and oxygen atoms in total. The van der Waals surface area contributed by atoms with E-state index >= 15 is 0 Å². The number of amides is 1. The van der Waals surface area contributed by atoms with E-state index in [1.807, 2.05) is 25.1 Å². The average Bonchev–Trinajstić information content (AvgIpc) is 2.66. The molecule has 0 aromatic heterocycles. The van der Waals surface area contributed by atoms with Gasteiger partial charge in [0.05, 0.1) is 6.61 Å². The summed E-state index contributed by atoms with van der Waals surface area (Å²) in [5.41, 5.74) is 1.67. The van der Waals surface area contributed by atoms with Crippen LogP contribution >= 0.6 is 11.6 Å². The molecular weight excluding hydrogens is 352 g/mol. The molecule has 0 saturated heterocycles. The van der Waals surface area contributed by atoms with Crippen molar-refractivity contribution < 1.29 is 14.3 Å². The van der Waals surface area contributed by atoms with Crippen LogP contribution in [0.2, 0.25) is 5.02 Å². The first-order valence-electron chi connectivity index (χ1n) is 8.05. The molecule has 1 amide bonds. The number of carbonyl (C=O) groups excluding carboxylic acids is 1. The minimum Gasteiger partial charge on any atom is -0.490 e. The van der Waals surface area contributed by atoms with E-state index in [4.69, 9.17) is 26.3 Å². The maximum atomic E-state index is 11.6. The summed E-state index contributed by atoms with van der Waals surface area (Å²) >= 11 is 5.88. The van der Waals surface area contributed by atoms with Crippen LogP contribution in [0.3, 0.4) is 0 Å². The summed E-state index contributed by atoms with van der Waals surface area (Å²) in [7, 11) is 1.48. The minimum absolute atomic E-state index is 0.0183. The first-order chi connectivity index (χ1) is 12.6. The predicted octanol–water partition coefficient (Wildman–Crippen LogP) is 3.97. The number of carbonyl (C=O) groups is 1. The molecule has 2 rings (SSSR count). The number of nitrogens with one attached hydrogen (secondary N) is 1. The zero-order valence-corrected chi connectivity index (χ0v) is 15.3.